The molecule has 1 amide bonds. The summed E-state index contributed by atoms with van der Waals surface area (Å²) in [5.41, 5.74) is 8.78. The largest absolute Gasteiger partial charge is 0.342 e. The van der Waals surface area contributed by atoms with Crippen LogP contribution in [0, 0.1) is 11.8 Å². The van der Waals surface area contributed by atoms with Crippen molar-refractivity contribution in [2.45, 2.75) is 45.1 Å². The van der Waals surface area contributed by atoms with Gasteiger partial charge in [-0.25, -0.2) is 0 Å². The van der Waals surface area contributed by atoms with E-state index in [0.29, 0.717) is 11.8 Å². The van der Waals surface area contributed by atoms with Crippen molar-refractivity contribution >= 4 is 5.91 Å². The van der Waals surface area contributed by atoms with Gasteiger partial charge in [0.15, 0.2) is 0 Å². The molecule has 1 heterocycles. The van der Waals surface area contributed by atoms with Crippen molar-refractivity contribution in [1.82, 2.24) is 4.90 Å². The first-order valence-electron chi connectivity index (χ1n) is 8.26. The van der Waals surface area contributed by atoms with Crippen LogP contribution in [0.2, 0.25) is 0 Å². The van der Waals surface area contributed by atoms with Crippen molar-refractivity contribution in [3.05, 3.63) is 35.4 Å². The molecular weight excluding hydrogens is 260 g/mol. The molecule has 0 saturated carbocycles. The van der Waals surface area contributed by atoms with E-state index in [1.165, 1.54) is 11.1 Å². The standard InChI is InChI=1S/C18H26N2O/c1-13(19)14-8-10-20(11-9-14)18(21)17-7-6-15-4-2-3-5-16(15)12-17/h2-5,13-14,17H,6-12,19H2,1H3. The minimum absolute atomic E-state index is 0.187. The summed E-state index contributed by atoms with van der Waals surface area (Å²) >= 11 is 0. The molecule has 1 saturated heterocycles. The molecule has 0 radical (unpaired) electrons. The molecule has 1 aliphatic carbocycles. The Morgan fingerprint density at radius 1 is 1.19 bits per heavy atom. The zero-order chi connectivity index (χ0) is 14.8. The van der Waals surface area contributed by atoms with E-state index in [1.54, 1.807) is 0 Å². The van der Waals surface area contributed by atoms with Gasteiger partial charge in [0.1, 0.15) is 0 Å². The predicted molar refractivity (Wildman–Crippen MR) is 84.9 cm³/mol. The minimum Gasteiger partial charge on any atom is -0.342 e. The van der Waals surface area contributed by atoms with Crippen LogP contribution < -0.4 is 5.73 Å². The fraction of sp³-hybridized carbons (Fsp3) is 0.611. The summed E-state index contributed by atoms with van der Waals surface area (Å²) in [6.45, 7) is 3.87. The lowest BCUT2D eigenvalue weighted by molar-refractivity contribution is -0.137. The first-order valence-corrected chi connectivity index (χ1v) is 8.26. The lowest BCUT2D eigenvalue weighted by atomic mass is 9.82. The van der Waals surface area contributed by atoms with Gasteiger partial charge in [0.2, 0.25) is 5.91 Å². The summed E-state index contributed by atoms with van der Waals surface area (Å²) < 4.78 is 0. The van der Waals surface area contributed by atoms with Gasteiger partial charge in [-0.15, -0.1) is 0 Å². The third-order valence-electron chi connectivity index (χ3n) is 5.29. The number of likely N-dealkylation sites (tertiary alicyclic amines) is 1. The van der Waals surface area contributed by atoms with Gasteiger partial charge >= 0.3 is 0 Å². The predicted octanol–water partition coefficient (Wildman–Crippen LogP) is 2.38. The van der Waals surface area contributed by atoms with Crippen LogP contribution in [0.5, 0.6) is 0 Å². The van der Waals surface area contributed by atoms with Gasteiger partial charge in [-0.3, -0.25) is 4.79 Å². The highest BCUT2D eigenvalue weighted by atomic mass is 16.2. The Balaban J connectivity index is 1.60. The Hall–Kier alpha value is -1.35. The molecule has 0 aromatic heterocycles. The highest BCUT2D eigenvalue weighted by Crippen LogP contribution is 2.28. The second-order valence-electron chi connectivity index (χ2n) is 6.73. The number of nitrogens with two attached hydrogens (primary N) is 1. The molecule has 1 aromatic rings. The first-order chi connectivity index (χ1) is 10.1. The average molecular weight is 286 g/mol. The number of fused-ring (bicyclic) bond motifs is 1. The van der Waals surface area contributed by atoms with E-state index in [9.17, 15) is 4.79 Å². The molecule has 0 spiro atoms. The molecule has 1 fully saturated rings. The quantitative estimate of drug-likeness (QED) is 0.907. The van der Waals surface area contributed by atoms with E-state index < -0.39 is 0 Å². The molecule has 3 heteroatoms. The average Bonchev–Trinajstić information content (AvgIpc) is 2.54. The van der Waals surface area contributed by atoms with Crippen LogP contribution in [0.15, 0.2) is 24.3 Å². The fourth-order valence-corrected chi connectivity index (χ4v) is 3.81. The fourth-order valence-electron chi connectivity index (χ4n) is 3.81. The molecule has 3 rings (SSSR count). The normalized spacial score (nSPS) is 24.5. The highest BCUT2D eigenvalue weighted by molar-refractivity contribution is 5.79. The zero-order valence-corrected chi connectivity index (χ0v) is 12.9. The van der Waals surface area contributed by atoms with Gasteiger partial charge in [0.05, 0.1) is 0 Å². The second kappa shape index (κ2) is 6.18. The Bertz CT molecular complexity index is 504. The number of amides is 1. The molecule has 1 aromatic carbocycles. The smallest absolute Gasteiger partial charge is 0.226 e. The number of nitrogens with zero attached hydrogens (tertiary/aromatic N) is 1. The Labute approximate surface area is 127 Å². The van der Waals surface area contributed by atoms with Gasteiger partial charge < -0.3 is 10.6 Å². The van der Waals surface area contributed by atoms with Crippen LogP contribution in [-0.2, 0) is 17.6 Å². The van der Waals surface area contributed by atoms with Gasteiger partial charge in [-0.1, -0.05) is 24.3 Å². The van der Waals surface area contributed by atoms with Crippen molar-refractivity contribution in [3.63, 3.8) is 0 Å². The maximum atomic E-state index is 12.7. The summed E-state index contributed by atoms with van der Waals surface area (Å²) in [7, 11) is 0. The van der Waals surface area contributed by atoms with E-state index in [-0.39, 0.29) is 12.0 Å². The molecule has 1 aliphatic heterocycles. The third-order valence-corrected chi connectivity index (χ3v) is 5.29. The molecule has 114 valence electrons. The first kappa shape index (κ1) is 14.6. The monoisotopic (exact) mass is 286 g/mol. The maximum absolute atomic E-state index is 12.7. The van der Waals surface area contributed by atoms with E-state index >= 15 is 0 Å². The van der Waals surface area contributed by atoms with Crippen LogP contribution in [0.4, 0.5) is 0 Å². The summed E-state index contributed by atoms with van der Waals surface area (Å²) in [4.78, 5) is 14.8. The molecular formula is C18H26N2O. The lowest BCUT2D eigenvalue weighted by Gasteiger charge is -2.36. The number of carbonyl (C=O) groups excluding carboxylic acids is 1. The number of carbonyl (C=O) groups is 1. The number of aryl methyl sites for hydroxylation is 1. The van der Waals surface area contributed by atoms with Crippen LogP contribution in [-0.4, -0.2) is 29.9 Å². The van der Waals surface area contributed by atoms with E-state index in [0.717, 1.165) is 45.2 Å². The SMILES string of the molecule is CC(N)C1CCN(C(=O)C2CCc3ccccc3C2)CC1. The van der Waals surface area contributed by atoms with Crippen LogP contribution in [0.25, 0.3) is 0 Å². The molecule has 0 bridgehead atoms. The van der Waals surface area contributed by atoms with Crippen molar-refractivity contribution in [3.8, 4) is 0 Å². The zero-order valence-electron chi connectivity index (χ0n) is 12.9. The molecule has 2 aliphatic rings. The Morgan fingerprint density at radius 2 is 1.86 bits per heavy atom. The number of benzene rings is 1. The van der Waals surface area contributed by atoms with E-state index in [1.807, 2.05) is 0 Å². The van der Waals surface area contributed by atoms with Crippen LogP contribution in [0.3, 0.4) is 0 Å². The van der Waals surface area contributed by atoms with Crippen molar-refractivity contribution in [2.24, 2.45) is 17.6 Å². The summed E-state index contributed by atoms with van der Waals surface area (Å²) in [5.74, 6) is 1.14. The van der Waals surface area contributed by atoms with Gasteiger partial charge in [-0.05, 0) is 56.1 Å². The molecule has 21 heavy (non-hydrogen) atoms. The topological polar surface area (TPSA) is 46.3 Å². The van der Waals surface area contributed by atoms with Crippen LogP contribution >= 0.6 is 0 Å². The second-order valence-corrected chi connectivity index (χ2v) is 6.73. The molecule has 2 unspecified atom stereocenters. The van der Waals surface area contributed by atoms with E-state index in [2.05, 4.69) is 36.1 Å². The van der Waals surface area contributed by atoms with Gasteiger partial charge in [0.25, 0.3) is 0 Å². The Morgan fingerprint density at radius 3 is 2.52 bits per heavy atom. The van der Waals surface area contributed by atoms with E-state index in [4.69, 9.17) is 5.73 Å². The highest BCUT2D eigenvalue weighted by Gasteiger charge is 2.31. The molecule has 2 atom stereocenters. The van der Waals surface area contributed by atoms with Crippen molar-refractivity contribution in [2.75, 3.05) is 13.1 Å². The van der Waals surface area contributed by atoms with Crippen molar-refractivity contribution in [1.29, 1.82) is 0 Å². The molecule has 2 N–H and O–H groups in total. The number of rotatable bonds is 2. The van der Waals surface area contributed by atoms with Gasteiger partial charge in [0, 0.05) is 25.0 Å². The maximum Gasteiger partial charge on any atom is 0.226 e. The molecule has 3 nitrogen and oxygen atoms in total. The summed E-state index contributed by atoms with van der Waals surface area (Å²) in [5, 5.41) is 0. The Kier molecular flexibility index (Phi) is 4.29. The number of hydrogen-bond acceptors (Lipinski definition) is 2. The van der Waals surface area contributed by atoms with Crippen LogP contribution in [0.1, 0.15) is 37.3 Å². The summed E-state index contributed by atoms with van der Waals surface area (Å²) in [6, 6.07) is 8.81. The minimum atomic E-state index is 0.187. The number of hydrogen-bond donors (Lipinski definition) is 1. The third kappa shape index (κ3) is 3.13. The lowest BCUT2D eigenvalue weighted by Crippen LogP contribution is -2.45. The number of piperidine rings is 1. The van der Waals surface area contributed by atoms with Crippen molar-refractivity contribution < 1.29 is 4.79 Å². The summed E-state index contributed by atoms with van der Waals surface area (Å²) in [6.07, 6.45) is 5.09. The van der Waals surface area contributed by atoms with Gasteiger partial charge in [-0.2, -0.15) is 0 Å².